The average Bonchev–Trinajstić information content (AvgIpc) is 3.40. The summed E-state index contributed by atoms with van der Waals surface area (Å²) < 4.78 is 11.4. The fourth-order valence-corrected chi connectivity index (χ4v) is 6.86. The summed E-state index contributed by atoms with van der Waals surface area (Å²) in [5.41, 5.74) is 2.67. The predicted molar refractivity (Wildman–Crippen MR) is 172 cm³/mol. The second-order valence-corrected chi connectivity index (χ2v) is 12.8. The molecule has 0 aromatic heterocycles. The molecule has 4 rings (SSSR count). The van der Waals surface area contributed by atoms with Gasteiger partial charge in [0.25, 0.3) is 0 Å². The van der Waals surface area contributed by atoms with E-state index in [9.17, 15) is 14.4 Å². The molecule has 2 saturated heterocycles. The number of rotatable bonds is 13. The molecule has 0 spiro atoms. The number of hydrogen-bond acceptors (Lipinski definition) is 10. The molecule has 0 bridgehead atoms. The molecule has 14 heteroatoms. The lowest BCUT2D eigenvalue weighted by Gasteiger charge is -2.35. The van der Waals surface area contributed by atoms with Gasteiger partial charge in [0, 0.05) is 50.4 Å². The molecule has 0 unspecified atom stereocenters. The number of benzene rings is 1. The van der Waals surface area contributed by atoms with E-state index in [1.807, 2.05) is 12.1 Å². The number of carbonyl (C=O) groups is 3. The van der Waals surface area contributed by atoms with Crippen LogP contribution in [0.4, 0.5) is 10.5 Å². The largest absolute Gasteiger partial charge is 0.479 e. The van der Waals surface area contributed by atoms with E-state index in [1.165, 1.54) is 43.5 Å². The molecule has 2 fully saturated rings. The summed E-state index contributed by atoms with van der Waals surface area (Å²) in [6.45, 7) is 11.8. The number of aliphatic hydroxyl groups is 2. The lowest BCUT2D eigenvalue weighted by atomic mass is 9.81. The summed E-state index contributed by atoms with van der Waals surface area (Å²) in [7, 11) is 4.33. The van der Waals surface area contributed by atoms with Crippen LogP contribution in [-0.2, 0) is 19.7 Å². The lowest BCUT2D eigenvalue weighted by molar-refractivity contribution is -0.165. The Hall–Kier alpha value is -3.01. The summed E-state index contributed by atoms with van der Waals surface area (Å²) in [6, 6.07) is 6.11. The maximum absolute atomic E-state index is 12.3. The quantitative estimate of drug-likeness (QED) is 0.193. The number of aliphatic hydroxyl groups excluding tert-OH is 2. The summed E-state index contributed by atoms with van der Waals surface area (Å²) >= 11 is 0. The number of amides is 1. The number of likely N-dealkylation sites (N-methyl/N-ethyl adjacent to an activating group) is 2. The van der Waals surface area contributed by atoms with Gasteiger partial charge in [0.05, 0.1) is 18.4 Å². The van der Waals surface area contributed by atoms with E-state index in [4.69, 9.17) is 29.9 Å². The SMILES string of the molecule is C[C@@H]1CN(CCCCCCCCNC(=O)Oc2ccc3c(c2)N(C)[C@H]2N(C)CC[C@@]32C)C[C@H](C)O1.O.O=C(O)[C@@H](O)[C@@H](O)C(=O)O. The van der Waals surface area contributed by atoms with E-state index in [-0.39, 0.29) is 17.0 Å². The molecule has 1 aromatic carbocycles. The Balaban J connectivity index is 0.000000580. The van der Waals surface area contributed by atoms with Gasteiger partial charge in [-0.15, -0.1) is 0 Å². The highest BCUT2D eigenvalue weighted by atomic mass is 16.6. The minimum absolute atomic E-state index is 0. The van der Waals surface area contributed by atoms with Gasteiger partial charge in [-0.1, -0.05) is 38.7 Å². The minimum atomic E-state index is -2.27. The number of unbranched alkanes of at least 4 members (excludes halogenated alkanes) is 5. The number of nitrogens with one attached hydrogen (secondary N) is 1. The van der Waals surface area contributed by atoms with E-state index >= 15 is 0 Å². The third kappa shape index (κ3) is 10.2. The van der Waals surface area contributed by atoms with Crippen LogP contribution < -0.4 is 15.0 Å². The number of likely N-dealkylation sites (tertiary alicyclic amines) is 1. The van der Waals surface area contributed by atoms with E-state index in [1.54, 1.807) is 0 Å². The van der Waals surface area contributed by atoms with Gasteiger partial charge in [-0.3, -0.25) is 9.80 Å². The van der Waals surface area contributed by atoms with Gasteiger partial charge in [-0.05, 0) is 58.3 Å². The Morgan fingerprint density at radius 1 is 0.978 bits per heavy atom. The second-order valence-electron chi connectivity index (χ2n) is 12.8. The van der Waals surface area contributed by atoms with Crippen molar-refractivity contribution in [2.45, 2.75) is 102 Å². The topological polar surface area (TPSA) is 204 Å². The number of ether oxygens (including phenoxy) is 2. The van der Waals surface area contributed by atoms with Gasteiger partial charge in [-0.2, -0.15) is 0 Å². The molecule has 262 valence electrons. The first-order valence-corrected chi connectivity index (χ1v) is 16.0. The van der Waals surface area contributed by atoms with Gasteiger partial charge in [0.2, 0.25) is 0 Å². The normalized spacial score (nSPS) is 25.3. The number of morpholine rings is 1. The van der Waals surface area contributed by atoms with Crippen molar-refractivity contribution in [3.05, 3.63) is 23.8 Å². The third-order valence-corrected chi connectivity index (χ3v) is 8.98. The number of fused-ring (bicyclic) bond motifs is 3. The van der Waals surface area contributed by atoms with Crippen molar-refractivity contribution >= 4 is 23.7 Å². The van der Waals surface area contributed by atoms with Gasteiger partial charge in [0.15, 0.2) is 12.2 Å². The molecule has 1 aromatic rings. The van der Waals surface area contributed by atoms with Crippen LogP contribution in [0.3, 0.4) is 0 Å². The standard InChI is InChI=1S/C28H46N4O3.C4H6O6.H2O/c1-21-19-32(20-22(2)34-21)16-11-9-7-6-8-10-15-29-27(33)35-23-12-13-24-25(18-23)31(5)26-28(24,3)14-17-30(26)4;5-1(3(7)8)2(6)4(9)10;/h12-13,18,21-22,26H,6-11,14-17,19-20H2,1-5H3,(H,29,33);1-2,5-6H,(H,7,8)(H,9,10);1H2/t21-,22+,26-,28+;1-,2+;/m1../s1. The van der Waals surface area contributed by atoms with Crippen LogP contribution in [0.15, 0.2) is 18.2 Å². The molecule has 3 aliphatic heterocycles. The zero-order valence-corrected chi connectivity index (χ0v) is 27.8. The number of nitrogens with zero attached hydrogens (tertiary/aromatic N) is 3. The number of carboxylic acid groups (broad SMARTS) is 2. The van der Waals surface area contributed by atoms with Crippen LogP contribution in [0, 0.1) is 0 Å². The first kappa shape index (κ1) is 39.2. The van der Waals surface area contributed by atoms with Gasteiger partial charge >= 0.3 is 18.0 Å². The van der Waals surface area contributed by atoms with Crippen LogP contribution >= 0.6 is 0 Å². The molecule has 0 saturated carbocycles. The average molecular weight is 655 g/mol. The van der Waals surface area contributed by atoms with Crippen molar-refractivity contribution in [3.63, 3.8) is 0 Å². The summed E-state index contributed by atoms with van der Waals surface area (Å²) in [6.07, 6.45) is 4.49. The summed E-state index contributed by atoms with van der Waals surface area (Å²) in [5.74, 6) is -2.92. The zero-order valence-electron chi connectivity index (χ0n) is 27.8. The Morgan fingerprint density at radius 3 is 2.13 bits per heavy atom. The highest BCUT2D eigenvalue weighted by Gasteiger charge is 2.52. The molecule has 1 amide bonds. The molecule has 3 heterocycles. The Kier molecular flexibility index (Phi) is 15.1. The van der Waals surface area contributed by atoms with Crippen LogP contribution in [-0.4, -0.2) is 131 Å². The number of carboxylic acids is 2. The fourth-order valence-electron chi connectivity index (χ4n) is 6.86. The maximum atomic E-state index is 12.3. The molecule has 14 nitrogen and oxygen atoms in total. The third-order valence-electron chi connectivity index (χ3n) is 8.98. The molecule has 0 aliphatic carbocycles. The number of aliphatic carboxylic acids is 2. The van der Waals surface area contributed by atoms with E-state index in [0.717, 1.165) is 38.9 Å². The van der Waals surface area contributed by atoms with Crippen LogP contribution in [0.2, 0.25) is 0 Å². The highest BCUT2D eigenvalue weighted by molar-refractivity contribution is 5.83. The van der Waals surface area contributed by atoms with Gasteiger partial charge < -0.3 is 45.6 Å². The van der Waals surface area contributed by atoms with Gasteiger partial charge in [0.1, 0.15) is 5.75 Å². The predicted octanol–water partition coefficient (Wildman–Crippen LogP) is 1.65. The Labute approximate surface area is 271 Å². The number of anilines is 1. The van der Waals surface area contributed by atoms with Crippen LogP contribution in [0.1, 0.15) is 71.3 Å². The van der Waals surface area contributed by atoms with Crippen LogP contribution in [0.25, 0.3) is 0 Å². The fraction of sp³-hybridized carbons (Fsp3) is 0.719. The molecule has 7 N–H and O–H groups in total. The van der Waals surface area contributed by atoms with Crippen molar-refractivity contribution < 1.29 is 49.8 Å². The van der Waals surface area contributed by atoms with Crippen molar-refractivity contribution in [2.24, 2.45) is 0 Å². The Bertz CT molecular complexity index is 1130. The first-order chi connectivity index (χ1) is 21.2. The molecule has 6 atom stereocenters. The molecule has 3 aliphatic rings. The van der Waals surface area contributed by atoms with Gasteiger partial charge in [-0.25, -0.2) is 14.4 Å². The second kappa shape index (κ2) is 17.8. The molecular weight excluding hydrogens is 600 g/mol. The molecule has 0 radical (unpaired) electrons. The van der Waals surface area contributed by atoms with E-state index < -0.39 is 24.1 Å². The van der Waals surface area contributed by atoms with Crippen molar-refractivity contribution in [1.29, 1.82) is 0 Å². The lowest BCUT2D eigenvalue weighted by Crippen LogP contribution is -2.45. The summed E-state index contributed by atoms with van der Waals surface area (Å²) in [5, 5.41) is 35.4. The minimum Gasteiger partial charge on any atom is -0.479 e. The Morgan fingerprint density at radius 2 is 1.54 bits per heavy atom. The van der Waals surface area contributed by atoms with Crippen molar-refractivity contribution in [1.82, 2.24) is 15.1 Å². The first-order valence-electron chi connectivity index (χ1n) is 16.0. The maximum Gasteiger partial charge on any atom is 0.412 e. The van der Waals surface area contributed by atoms with Crippen molar-refractivity contribution in [2.75, 3.05) is 51.7 Å². The zero-order chi connectivity index (χ0) is 33.3. The van der Waals surface area contributed by atoms with Crippen molar-refractivity contribution in [3.8, 4) is 5.75 Å². The number of hydrogen-bond donors (Lipinski definition) is 5. The van der Waals surface area contributed by atoms with E-state index in [0.29, 0.717) is 30.7 Å². The number of carbonyl (C=O) groups excluding carboxylic acids is 1. The summed E-state index contributed by atoms with van der Waals surface area (Å²) in [4.78, 5) is 39.1. The molecule has 46 heavy (non-hydrogen) atoms. The molecular formula is C32H54N4O10. The van der Waals surface area contributed by atoms with Crippen LogP contribution in [0.5, 0.6) is 5.75 Å². The monoisotopic (exact) mass is 654 g/mol. The smallest absolute Gasteiger partial charge is 0.412 e. The highest BCUT2D eigenvalue weighted by Crippen LogP contribution is 2.51. The van der Waals surface area contributed by atoms with E-state index in [2.05, 4.69) is 60.9 Å².